The van der Waals surface area contributed by atoms with Crippen LogP contribution in [0, 0.1) is 0 Å². The molecule has 19 heavy (non-hydrogen) atoms. The molecule has 0 fully saturated rings. The van der Waals surface area contributed by atoms with Crippen molar-refractivity contribution < 1.29 is 24.5 Å². The van der Waals surface area contributed by atoms with Crippen molar-refractivity contribution in [3.05, 3.63) is 29.0 Å². The Labute approximate surface area is 141 Å². The van der Waals surface area contributed by atoms with Gasteiger partial charge in [-0.05, 0) is 70.6 Å². The van der Waals surface area contributed by atoms with Crippen molar-refractivity contribution >= 4 is 75.7 Å². The molecule has 9 heteroatoms. The van der Waals surface area contributed by atoms with Crippen LogP contribution in [0.2, 0.25) is 0 Å². The maximum absolute atomic E-state index is 11.9. The van der Waals surface area contributed by atoms with Crippen molar-refractivity contribution in [3.8, 4) is 0 Å². The molecule has 0 aliphatic rings. The molecule has 0 aliphatic carbocycles. The number of carboxylic acid groups (broad SMARTS) is 1. The molecular formula is C10H6Br4O5. The number of aromatic carboxylic acids is 1. The number of esters is 1. The molecule has 0 aliphatic heterocycles. The molecule has 0 saturated heterocycles. The zero-order chi connectivity index (χ0) is 14.9. The molecule has 0 heterocycles. The first-order chi connectivity index (χ1) is 8.68. The molecule has 2 N–H and O–H groups in total. The maximum atomic E-state index is 11.9. The molecule has 1 aromatic rings. The third-order valence-corrected chi connectivity index (χ3v) is 6.73. The average Bonchev–Trinajstić information content (AvgIpc) is 2.29. The highest BCUT2D eigenvalue weighted by atomic mass is 79.9. The zero-order valence-corrected chi connectivity index (χ0v) is 15.6. The summed E-state index contributed by atoms with van der Waals surface area (Å²) in [5.74, 6) is -2.26. The van der Waals surface area contributed by atoms with Gasteiger partial charge in [0, 0.05) is 17.9 Å². The number of carboxylic acids is 1. The van der Waals surface area contributed by atoms with Gasteiger partial charge in [0.2, 0.25) is 0 Å². The normalized spacial score (nSPS) is 12.1. The Morgan fingerprint density at radius 3 is 1.79 bits per heavy atom. The van der Waals surface area contributed by atoms with E-state index in [2.05, 4.69) is 68.5 Å². The van der Waals surface area contributed by atoms with Crippen LogP contribution < -0.4 is 0 Å². The molecule has 0 spiro atoms. The number of aliphatic hydroxyl groups excluding tert-OH is 1. The van der Waals surface area contributed by atoms with Crippen molar-refractivity contribution in [2.75, 3.05) is 0 Å². The van der Waals surface area contributed by atoms with E-state index < -0.39 is 18.2 Å². The van der Waals surface area contributed by atoms with Crippen molar-refractivity contribution in [2.45, 2.75) is 13.2 Å². The Bertz CT molecular complexity index is 556. The molecule has 1 unspecified atom stereocenters. The van der Waals surface area contributed by atoms with Crippen molar-refractivity contribution in [3.63, 3.8) is 0 Å². The van der Waals surface area contributed by atoms with Crippen LogP contribution in [0.3, 0.4) is 0 Å². The molecule has 0 radical (unpaired) electrons. The van der Waals surface area contributed by atoms with Gasteiger partial charge in [0.25, 0.3) is 0 Å². The molecule has 1 atom stereocenters. The van der Waals surface area contributed by atoms with Gasteiger partial charge in [-0.25, -0.2) is 9.59 Å². The van der Waals surface area contributed by atoms with Gasteiger partial charge in [0.1, 0.15) is 0 Å². The number of ether oxygens (including phenoxy) is 1. The summed E-state index contributed by atoms with van der Waals surface area (Å²) in [6, 6.07) is 0. The number of benzene rings is 1. The van der Waals surface area contributed by atoms with Gasteiger partial charge in [-0.15, -0.1) is 0 Å². The van der Waals surface area contributed by atoms with E-state index in [1.807, 2.05) is 0 Å². The Balaban J connectivity index is 3.61. The van der Waals surface area contributed by atoms with Crippen LogP contribution in [0.15, 0.2) is 17.9 Å². The van der Waals surface area contributed by atoms with E-state index in [1.165, 1.54) is 6.92 Å². The molecule has 0 saturated carbocycles. The highest BCUT2D eigenvalue weighted by Crippen LogP contribution is 2.42. The number of hydrogen-bond acceptors (Lipinski definition) is 4. The van der Waals surface area contributed by atoms with E-state index in [4.69, 9.17) is 5.11 Å². The lowest BCUT2D eigenvalue weighted by atomic mass is 10.1. The van der Waals surface area contributed by atoms with E-state index in [-0.39, 0.29) is 20.1 Å². The predicted molar refractivity (Wildman–Crippen MR) is 81.3 cm³/mol. The lowest BCUT2D eigenvalue weighted by molar-refractivity contribution is -0.0525. The minimum Gasteiger partial charge on any atom is -0.478 e. The van der Waals surface area contributed by atoms with E-state index in [0.29, 0.717) is 8.95 Å². The van der Waals surface area contributed by atoms with Crippen molar-refractivity contribution in [1.29, 1.82) is 0 Å². The number of hydrogen-bond donors (Lipinski definition) is 2. The number of aliphatic hydroxyl groups is 1. The molecule has 0 bridgehead atoms. The summed E-state index contributed by atoms with van der Waals surface area (Å²) in [4.78, 5) is 23.2. The van der Waals surface area contributed by atoms with Gasteiger partial charge in [0.05, 0.1) is 11.1 Å². The van der Waals surface area contributed by atoms with Gasteiger partial charge in [0.15, 0.2) is 6.29 Å². The fraction of sp³-hybridized carbons (Fsp3) is 0.200. The summed E-state index contributed by atoms with van der Waals surface area (Å²) in [7, 11) is 0. The van der Waals surface area contributed by atoms with Crippen LogP contribution in [0.25, 0.3) is 0 Å². The topological polar surface area (TPSA) is 83.8 Å². The molecule has 5 nitrogen and oxygen atoms in total. The van der Waals surface area contributed by atoms with Crippen LogP contribution in [0.5, 0.6) is 0 Å². The summed E-state index contributed by atoms with van der Waals surface area (Å²) in [5.41, 5.74) is -0.469. The highest BCUT2D eigenvalue weighted by Gasteiger charge is 2.29. The molecule has 0 amide bonds. The first-order valence-electron chi connectivity index (χ1n) is 4.66. The molecule has 1 aromatic carbocycles. The van der Waals surface area contributed by atoms with Crippen LogP contribution in [-0.2, 0) is 4.74 Å². The molecule has 0 aromatic heterocycles. The van der Waals surface area contributed by atoms with Crippen molar-refractivity contribution in [1.82, 2.24) is 0 Å². The summed E-state index contributed by atoms with van der Waals surface area (Å²) in [5, 5.41) is 18.3. The van der Waals surface area contributed by atoms with Crippen LogP contribution in [0.4, 0.5) is 0 Å². The van der Waals surface area contributed by atoms with Crippen LogP contribution >= 0.6 is 63.7 Å². The van der Waals surface area contributed by atoms with E-state index in [0.717, 1.165) is 0 Å². The van der Waals surface area contributed by atoms with Crippen LogP contribution in [0.1, 0.15) is 27.6 Å². The smallest absolute Gasteiger partial charge is 0.342 e. The Morgan fingerprint density at radius 1 is 1.00 bits per heavy atom. The lowest BCUT2D eigenvalue weighted by Gasteiger charge is -2.15. The van der Waals surface area contributed by atoms with Gasteiger partial charge < -0.3 is 14.9 Å². The lowest BCUT2D eigenvalue weighted by Crippen LogP contribution is -2.18. The fourth-order valence-corrected chi connectivity index (χ4v) is 3.69. The number of rotatable bonds is 3. The number of carbonyl (C=O) groups is 2. The summed E-state index contributed by atoms with van der Waals surface area (Å²) in [6.07, 6.45) is -1.35. The van der Waals surface area contributed by atoms with Gasteiger partial charge in [-0.3, -0.25) is 0 Å². The Morgan fingerprint density at radius 2 is 1.42 bits per heavy atom. The monoisotopic (exact) mass is 522 g/mol. The van der Waals surface area contributed by atoms with E-state index in [9.17, 15) is 14.7 Å². The second-order valence-electron chi connectivity index (χ2n) is 3.32. The maximum Gasteiger partial charge on any atom is 0.342 e. The summed E-state index contributed by atoms with van der Waals surface area (Å²) < 4.78 is 5.91. The van der Waals surface area contributed by atoms with E-state index >= 15 is 0 Å². The van der Waals surface area contributed by atoms with Gasteiger partial charge >= 0.3 is 11.9 Å². The minimum absolute atomic E-state index is 0.188. The second-order valence-corrected chi connectivity index (χ2v) is 6.49. The number of carbonyl (C=O) groups excluding carboxylic acids is 1. The Hall–Kier alpha value is 0.0400. The largest absolute Gasteiger partial charge is 0.478 e. The SMILES string of the molecule is CC(O)OC(=O)c1c(Br)c(Br)c(Br)c(Br)c1C(=O)O. The van der Waals surface area contributed by atoms with Crippen LogP contribution in [-0.4, -0.2) is 28.4 Å². The number of halogens is 4. The quantitative estimate of drug-likeness (QED) is 0.270. The summed E-state index contributed by atoms with van der Waals surface area (Å²) in [6.45, 7) is 1.25. The summed E-state index contributed by atoms with van der Waals surface area (Å²) >= 11 is 12.6. The second kappa shape index (κ2) is 6.66. The zero-order valence-electron chi connectivity index (χ0n) is 9.21. The fourth-order valence-electron chi connectivity index (χ4n) is 1.24. The molecule has 104 valence electrons. The average molecular weight is 526 g/mol. The van der Waals surface area contributed by atoms with Gasteiger partial charge in [-0.2, -0.15) is 0 Å². The van der Waals surface area contributed by atoms with E-state index in [1.54, 1.807) is 0 Å². The van der Waals surface area contributed by atoms with Crippen molar-refractivity contribution in [2.24, 2.45) is 0 Å². The Kier molecular flexibility index (Phi) is 5.99. The van der Waals surface area contributed by atoms with Gasteiger partial charge in [-0.1, -0.05) is 0 Å². The molecular weight excluding hydrogens is 520 g/mol. The first kappa shape index (κ1) is 17.1. The predicted octanol–water partition coefficient (Wildman–Crippen LogP) is 3.93. The molecule has 1 rings (SSSR count). The highest BCUT2D eigenvalue weighted by molar-refractivity contribution is 9.15. The standard InChI is InChI=1S/C10H6Br4O5/c1-2(15)19-10(18)4-3(9(16)17)5(11)7(13)8(14)6(4)12/h2,15H,1H3,(H,16,17). The minimum atomic E-state index is -1.35. The first-order valence-corrected chi connectivity index (χ1v) is 7.84. The third-order valence-electron chi connectivity index (χ3n) is 1.96. The third kappa shape index (κ3) is 3.57.